The third-order valence-electron chi connectivity index (χ3n) is 3.42. The molecular weight excluding hydrogens is 280 g/mol. The van der Waals surface area contributed by atoms with Crippen molar-refractivity contribution in [1.82, 2.24) is 4.90 Å². The summed E-state index contributed by atoms with van der Waals surface area (Å²) in [5, 5.41) is 13.7. The van der Waals surface area contributed by atoms with Crippen molar-refractivity contribution in [1.29, 1.82) is 0 Å². The number of urea groups is 1. The van der Waals surface area contributed by atoms with Crippen LogP contribution in [-0.4, -0.2) is 48.8 Å². The molecule has 6 nitrogen and oxygen atoms in total. The Labute approximate surface area is 121 Å². The van der Waals surface area contributed by atoms with Crippen molar-refractivity contribution in [3.05, 3.63) is 17.0 Å². The summed E-state index contributed by atoms with van der Waals surface area (Å²) in [5.41, 5.74) is 0.137. The van der Waals surface area contributed by atoms with Crippen molar-refractivity contribution < 1.29 is 19.4 Å². The Morgan fingerprint density at radius 3 is 2.80 bits per heavy atom. The molecular formula is C13H18N2O4S. The Kier molecular flexibility index (Phi) is 4.97. The lowest BCUT2D eigenvalue weighted by molar-refractivity contribution is 0.0698. The summed E-state index contributed by atoms with van der Waals surface area (Å²) < 4.78 is 5.12. The maximum atomic E-state index is 12.1. The average Bonchev–Trinajstić information content (AvgIpc) is 2.88. The van der Waals surface area contributed by atoms with Crippen molar-refractivity contribution in [2.24, 2.45) is 5.92 Å². The molecule has 0 aromatic carbocycles. The van der Waals surface area contributed by atoms with Crippen molar-refractivity contribution in [2.75, 3.05) is 32.1 Å². The Morgan fingerprint density at radius 2 is 2.20 bits per heavy atom. The van der Waals surface area contributed by atoms with Crippen LogP contribution >= 0.6 is 11.3 Å². The lowest BCUT2D eigenvalue weighted by Crippen LogP contribution is -2.41. The first kappa shape index (κ1) is 14.8. The lowest BCUT2D eigenvalue weighted by Gasteiger charge is -2.31. The average molecular weight is 298 g/mol. The molecule has 0 atom stereocenters. The van der Waals surface area contributed by atoms with E-state index in [9.17, 15) is 9.59 Å². The number of piperidine rings is 1. The predicted octanol–water partition coefficient (Wildman–Crippen LogP) is 2.34. The van der Waals surface area contributed by atoms with E-state index in [1.807, 2.05) is 0 Å². The molecule has 1 aromatic heterocycles. The monoisotopic (exact) mass is 298 g/mol. The van der Waals surface area contributed by atoms with Crippen LogP contribution in [0.2, 0.25) is 0 Å². The van der Waals surface area contributed by atoms with Gasteiger partial charge in [-0.15, -0.1) is 11.3 Å². The Bertz CT molecular complexity index is 480. The molecule has 0 bridgehead atoms. The predicted molar refractivity (Wildman–Crippen MR) is 76.5 cm³/mol. The molecule has 0 saturated carbocycles. The van der Waals surface area contributed by atoms with Crippen LogP contribution in [0.4, 0.5) is 9.80 Å². The number of carboxylic acid groups (broad SMARTS) is 1. The van der Waals surface area contributed by atoms with Gasteiger partial charge in [0, 0.05) is 26.8 Å². The number of aromatic carboxylic acids is 1. The van der Waals surface area contributed by atoms with Gasteiger partial charge in [-0.25, -0.2) is 9.59 Å². The molecule has 0 aliphatic carbocycles. The van der Waals surface area contributed by atoms with Crippen molar-refractivity contribution >= 4 is 28.3 Å². The van der Waals surface area contributed by atoms with Gasteiger partial charge < -0.3 is 14.7 Å². The number of amides is 2. The Balaban J connectivity index is 1.90. The number of methoxy groups -OCH3 is 1. The van der Waals surface area contributed by atoms with E-state index < -0.39 is 5.97 Å². The van der Waals surface area contributed by atoms with E-state index >= 15 is 0 Å². The van der Waals surface area contributed by atoms with Gasteiger partial charge in [0.05, 0.1) is 5.56 Å². The number of carboxylic acids is 1. The van der Waals surface area contributed by atoms with Gasteiger partial charge >= 0.3 is 12.0 Å². The zero-order valence-electron chi connectivity index (χ0n) is 11.3. The molecule has 1 saturated heterocycles. The van der Waals surface area contributed by atoms with Gasteiger partial charge in [-0.05, 0) is 30.2 Å². The number of nitrogens with one attached hydrogen (secondary N) is 1. The number of carbonyl (C=O) groups is 2. The molecule has 2 rings (SSSR count). The van der Waals surface area contributed by atoms with Crippen LogP contribution in [0.5, 0.6) is 0 Å². The van der Waals surface area contributed by atoms with E-state index in [1.54, 1.807) is 17.4 Å². The smallest absolute Gasteiger partial charge is 0.338 e. The fraction of sp³-hybridized carbons (Fsp3) is 0.538. The molecule has 1 fully saturated rings. The molecule has 2 N–H and O–H groups in total. The standard InChI is InChI=1S/C13H18N2O4S/c1-19-8-9-2-5-15(6-3-9)13(18)14-11-10(12(16)17)4-7-20-11/h4,7,9H,2-3,5-6,8H2,1H3,(H,14,18)(H,16,17). The van der Waals surface area contributed by atoms with Gasteiger partial charge in [0.2, 0.25) is 0 Å². The highest BCUT2D eigenvalue weighted by atomic mass is 32.1. The zero-order chi connectivity index (χ0) is 14.5. The number of likely N-dealkylation sites (tertiary alicyclic amines) is 1. The second-order valence-corrected chi connectivity index (χ2v) is 5.70. The highest BCUT2D eigenvalue weighted by molar-refractivity contribution is 7.14. The summed E-state index contributed by atoms with van der Waals surface area (Å²) in [4.78, 5) is 24.8. The number of nitrogens with zero attached hydrogens (tertiary/aromatic N) is 1. The van der Waals surface area contributed by atoms with Crippen LogP contribution in [-0.2, 0) is 4.74 Å². The minimum Gasteiger partial charge on any atom is -0.478 e. The molecule has 2 heterocycles. The van der Waals surface area contributed by atoms with Crippen LogP contribution in [0.3, 0.4) is 0 Å². The molecule has 110 valence electrons. The van der Waals surface area contributed by atoms with Crippen LogP contribution in [0.25, 0.3) is 0 Å². The number of hydrogen-bond donors (Lipinski definition) is 2. The Morgan fingerprint density at radius 1 is 1.50 bits per heavy atom. The maximum Gasteiger partial charge on any atom is 0.338 e. The number of anilines is 1. The van der Waals surface area contributed by atoms with E-state index in [0.717, 1.165) is 19.4 Å². The van der Waals surface area contributed by atoms with Crippen molar-refractivity contribution in [2.45, 2.75) is 12.8 Å². The normalized spacial score (nSPS) is 16.1. The van der Waals surface area contributed by atoms with Gasteiger partial charge in [-0.2, -0.15) is 0 Å². The second-order valence-electron chi connectivity index (χ2n) is 4.78. The van der Waals surface area contributed by atoms with Crippen LogP contribution in [0.1, 0.15) is 23.2 Å². The molecule has 2 amide bonds. The summed E-state index contributed by atoms with van der Waals surface area (Å²) in [7, 11) is 1.68. The number of carbonyl (C=O) groups excluding carboxylic acids is 1. The lowest BCUT2D eigenvalue weighted by atomic mass is 9.98. The summed E-state index contributed by atoms with van der Waals surface area (Å²) >= 11 is 1.22. The van der Waals surface area contributed by atoms with Gasteiger partial charge in [-0.3, -0.25) is 5.32 Å². The first-order chi connectivity index (χ1) is 9.61. The van der Waals surface area contributed by atoms with Crippen LogP contribution < -0.4 is 5.32 Å². The largest absolute Gasteiger partial charge is 0.478 e. The highest BCUT2D eigenvalue weighted by Crippen LogP contribution is 2.24. The first-order valence-corrected chi connectivity index (χ1v) is 7.35. The molecule has 1 aliphatic rings. The minimum absolute atomic E-state index is 0.137. The molecule has 7 heteroatoms. The van der Waals surface area contributed by atoms with E-state index in [0.29, 0.717) is 24.0 Å². The fourth-order valence-corrected chi connectivity index (χ4v) is 3.06. The van der Waals surface area contributed by atoms with Gasteiger partial charge in [0.15, 0.2) is 0 Å². The second kappa shape index (κ2) is 6.71. The minimum atomic E-state index is -1.03. The first-order valence-electron chi connectivity index (χ1n) is 6.47. The Hall–Kier alpha value is -1.60. The summed E-state index contributed by atoms with van der Waals surface area (Å²) in [6.07, 6.45) is 1.83. The van der Waals surface area contributed by atoms with Crippen molar-refractivity contribution in [3.63, 3.8) is 0 Å². The molecule has 0 radical (unpaired) electrons. The van der Waals surface area contributed by atoms with Gasteiger partial charge in [0.1, 0.15) is 5.00 Å². The van der Waals surface area contributed by atoms with Crippen LogP contribution in [0, 0.1) is 5.92 Å². The number of hydrogen-bond acceptors (Lipinski definition) is 4. The summed E-state index contributed by atoms with van der Waals surface area (Å²) in [6, 6.07) is 1.26. The summed E-state index contributed by atoms with van der Waals surface area (Å²) in [5.74, 6) is -0.527. The van der Waals surface area contributed by atoms with Crippen molar-refractivity contribution in [3.8, 4) is 0 Å². The van der Waals surface area contributed by atoms with E-state index in [-0.39, 0.29) is 11.6 Å². The molecule has 1 aromatic rings. The molecule has 20 heavy (non-hydrogen) atoms. The molecule has 1 aliphatic heterocycles. The van der Waals surface area contributed by atoms with E-state index in [4.69, 9.17) is 9.84 Å². The number of ether oxygens (including phenoxy) is 1. The third-order valence-corrected chi connectivity index (χ3v) is 4.25. The topological polar surface area (TPSA) is 78.9 Å². The molecule has 0 unspecified atom stereocenters. The van der Waals surface area contributed by atoms with E-state index in [1.165, 1.54) is 17.4 Å². The number of thiophene rings is 1. The van der Waals surface area contributed by atoms with E-state index in [2.05, 4.69) is 5.32 Å². The quantitative estimate of drug-likeness (QED) is 0.894. The number of rotatable bonds is 4. The maximum absolute atomic E-state index is 12.1. The van der Waals surface area contributed by atoms with Crippen LogP contribution in [0.15, 0.2) is 11.4 Å². The van der Waals surface area contributed by atoms with Gasteiger partial charge in [0.25, 0.3) is 0 Å². The molecule has 0 spiro atoms. The SMILES string of the molecule is COCC1CCN(C(=O)Nc2sccc2C(=O)O)CC1. The third kappa shape index (κ3) is 3.49. The fourth-order valence-electron chi connectivity index (χ4n) is 2.29. The highest BCUT2D eigenvalue weighted by Gasteiger charge is 2.24. The summed E-state index contributed by atoms with van der Waals surface area (Å²) in [6.45, 7) is 2.07. The zero-order valence-corrected chi connectivity index (χ0v) is 12.1. The van der Waals surface area contributed by atoms with Gasteiger partial charge in [-0.1, -0.05) is 0 Å².